The van der Waals surface area contributed by atoms with Crippen molar-refractivity contribution in [2.45, 2.75) is 6.92 Å². The fourth-order valence-corrected chi connectivity index (χ4v) is 0.406. The summed E-state index contributed by atoms with van der Waals surface area (Å²) in [5, 5.41) is 8.96. The SMILES string of the molecule is CCN(N)OC(=O)C(=O)OCCO. The lowest BCUT2D eigenvalue weighted by molar-refractivity contribution is -0.200. The fraction of sp³-hybridized carbons (Fsp3) is 0.667. The van der Waals surface area contributed by atoms with E-state index in [1.165, 1.54) is 0 Å². The van der Waals surface area contributed by atoms with Crippen LogP contribution in [0.3, 0.4) is 0 Å². The fourth-order valence-electron chi connectivity index (χ4n) is 0.406. The summed E-state index contributed by atoms with van der Waals surface area (Å²) in [5.41, 5.74) is 0. The molecular formula is C6H12N2O5. The molecule has 13 heavy (non-hydrogen) atoms. The summed E-state index contributed by atoms with van der Waals surface area (Å²) >= 11 is 0. The molecule has 0 unspecified atom stereocenters. The van der Waals surface area contributed by atoms with Crippen molar-refractivity contribution in [1.82, 2.24) is 5.17 Å². The van der Waals surface area contributed by atoms with Gasteiger partial charge >= 0.3 is 11.9 Å². The molecule has 0 saturated carbocycles. The van der Waals surface area contributed by atoms with Crippen LogP contribution in [-0.4, -0.2) is 42.0 Å². The zero-order valence-electron chi connectivity index (χ0n) is 7.23. The number of esters is 1. The van der Waals surface area contributed by atoms with E-state index < -0.39 is 11.9 Å². The van der Waals surface area contributed by atoms with Gasteiger partial charge in [0.2, 0.25) is 0 Å². The summed E-state index contributed by atoms with van der Waals surface area (Å²) in [6.07, 6.45) is 0. The van der Waals surface area contributed by atoms with Gasteiger partial charge in [0.1, 0.15) is 6.61 Å². The molecule has 76 valence electrons. The van der Waals surface area contributed by atoms with Crippen molar-refractivity contribution in [1.29, 1.82) is 0 Å². The zero-order chi connectivity index (χ0) is 10.3. The number of aliphatic hydroxyl groups excluding tert-OH is 1. The number of rotatable bonds is 4. The molecule has 0 fully saturated rings. The van der Waals surface area contributed by atoms with Crippen LogP contribution in [0.25, 0.3) is 0 Å². The highest BCUT2D eigenvalue weighted by Gasteiger charge is 2.19. The summed E-state index contributed by atoms with van der Waals surface area (Å²) in [7, 11) is 0. The van der Waals surface area contributed by atoms with E-state index in [1.54, 1.807) is 6.92 Å². The van der Waals surface area contributed by atoms with Crippen LogP contribution in [0, 0.1) is 0 Å². The largest absolute Gasteiger partial charge is 0.455 e. The number of nitrogens with zero attached hydrogens (tertiary/aromatic N) is 1. The molecule has 0 saturated heterocycles. The molecule has 0 aliphatic carbocycles. The first-order valence-corrected chi connectivity index (χ1v) is 3.64. The van der Waals surface area contributed by atoms with Crippen molar-refractivity contribution in [3.05, 3.63) is 0 Å². The van der Waals surface area contributed by atoms with Gasteiger partial charge in [0, 0.05) is 6.54 Å². The second-order valence-corrected chi connectivity index (χ2v) is 1.97. The molecule has 0 aromatic heterocycles. The third kappa shape index (κ3) is 5.12. The van der Waals surface area contributed by atoms with Gasteiger partial charge in [0.15, 0.2) is 0 Å². The van der Waals surface area contributed by atoms with Crippen LogP contribution in [0.1, 0.15) is 6.92 Å². The van der Waals surface area contributed by atoms with Crippen LogP contribution in [0.4, 0.5) is 0 Å². The van der Waals surface area contributed by atoms with E-state index in [9.17, 15) is 9.59 Å². The van der Waals surface area contributed by atoms with E-state index in [4.69, 9.17) is 10.9 Å². The van der Waals surface area contributed by atoms with Crippen LogP contribution in [-0.2, 0) is 19.2 Å². The number of hydroxylamine groups is 1. The van der Waals surface area contributed by atoms with E-state index in [1.807, 2.05) is 0 Å². The number of carbonyl (C=O) groups excluding carboxylic acids is 2. The van der Waals surface area contributed by atoms with E-state index >= 15 is 0 Å². The first kappa shape index (κ1) is 11.8. The van der Waals surface area contributed by atoms with Gasteiger partial charge in [0.25, 0.3) is 0 Å². The van der Waals surface area contributed by atoms with E-state index in [2.05, 4.69) is 9.57 Å². The predicted octanol–water partition coefficient (Wildman–Crippen LogP) is -1.82. The molecule has 0 atom stereocenters. The van der Waals surface area contributed by atoms with Crippen LogP contribution in [0.5, 0.6) is 0 Å². The topological polar surface area (TPSA) is 102 Å². The average molecular weight is 192 g/mol. The summed E-state index contributed by atoms with van der Waals surface area (Å²) in [4.78, 5) is 25.7. The number of aliphatic hydroxyl groups is 1. The van der Waals surface area contributed by atoms with Crippen molar-refractivity contribution in [2.24, 2.45) is 5.84 Å². The maximum absolute atomic E-state index is 10.7. The summed E-state index contributed by atoms with van der Waals surface area (Å²) in [5.74, 6) is 2.68. The van der Waals surface area contributed by atoms with E-state index in [-0.39, 0.29) is 19.8 Å². The second-order valence-electron chi connectivity index (χ2n) is 1.97. The second kappa shape index (κ2) is 6.35. The normalized spacial score (nSPS) is 9.85. The van der Waals surface area contributed by atoms with Crippen molar-refractivity contribution in [3.8, 4) is 0 Å². The number of hydrazine groups is 1. The van der Waals surface area contributed by atoms with Gasteiger partial charge in [-0.25, -0.2) is 15.4 Å². The van der Waals surface area contributed by atoms with Gasteiger partial charge in [-0.3, -0.25) is 0 Å². The molecule has 0 amide bonds. The molecule has 0 aromatic carbocycles. The molecule has 0 bridgehead atoms. The van der Waals surface area contributed by atoms with E-state index in [0.717, 1.165) is 0 Å². The Bertz CT molecular complexity index is 184. The number of ether oxygens (including phenoxy) is 1. The van der Waals surface area contributed by atoms with Crippen molar-refractivity contribution in [3.63, 3.8) is 0 Å². The van der Waals surface area contributed by atoms with Crippen molar-refractivity contribution in [2.75, 3.05) is 19.8 Å². The molecular weight excluding hydrogens is 180 g/mol. The third-order valence-corrected chi connectivity index (χ3v) is 1.00. The molecule has 0 heterocycles. The number of hydrogen-bond donors (Lipinski definition) is 2. The summed E-state index contributed by atoms with van der Waals surface area (Å²) < 4.78 is 4.25. The Morgan fingerprint density at radius 2 is 2.08 bits per heavy atom. The number of nitrogens with two attached hydrogens (primary N) is 1. The molecule has 0 aliphatic rings. The smallest absolute Gasteiger partial charge is 0.437 e. The van der Waals surface area contributed by atoms with Crippen LogP contribution >= 0.6 is 0 Å². The molecule has 7 nitrogen and oxygen atoms in total. The first-order valence-electron chi connectivity index (χ1n) is 3.64. The van der Waals surface area contributed by atoms with Gasteiger partial charge in [-0.05, 0) is 6.92 Å². The molecule has 3 N–H and O–H groups in total. The monoisotopic (exact) mass is 192 g/mol. The average Bonchev–Trinajstić information content (AvgIpc) is 2.13. The van der Waals surface area contributed by atoms with Gasteiger partial charge in [-0.15, -0.1) is 0 Å². The minimum absolute atomic E-state index is 0.245. The minimum Gasteiger partial charge on any atom is -0.455 e. The maximum atomic E-state index is 10.7. The van der Waals surface area contributed by atoms with Crippen molar-refractivity contribution < 1.29 is 24.3 Å². The lowest BCUT2D eigenvalue weighted by Crippen LogP contribution is -2.36. The Hall–Kier alpha value is -1.18. The third-order valence-electron chi connectivity index (χ3n) is 1.00. The molecule has 0 radical (unpaired) electrons. The summed E-state index contributed by atoms with van der Waals surface area (Å²) in [6, 6.07) is 0. The predicted molar refractivity (Wildman–Crippen MR) is 40.7 cm³/mol. The highest BCUT2D eigenvalue weighted by Crippen LogP contribution is 1.86. The lowest BCUT2D eigenvalue weighted by atomic mass is 10.7. The number of hydrogen-bond acceptors (Lipinski definition) is 7. The Kier molecular flexibility index (Phi) is 5.77. The Balaban J connectivity index is 3.76. The van der Waals surface area contributed by atoms with Gasteiger partial charge in [0.05, 0.1) is 6.61 Å². The zero-order valence-corrected chi connectivity index (χ0v) is 7.23. The van der Waals surface area contributed by atoms with Gasteiger partial charge < -0.3 is 14.7 Å². The Morgan fingerprint density at radius 3 is 2.54 bits per heavy atom. The maximum Gasteiger partial charge on any atom is 0.437 e. The highest BCUT2D eigenvalue weighted by molar-refractivity contribution is 6.29. The molecule has 0 rings (SSSR count). The van der Waals surface area contributed by atoms with Gasteiger partial charge in [-0.2, -0.15) is 0 Å². The molecule has 7 heteroatoms. The molecule has 0 spiro atoms. The summed E-state index contributed by atoms with van der Waals surface area (Å²) in [6.45, 7) is 1.29. The minimum atomic E-state index is -1.21. The Labute approximate surface area is 74.9 Å². The van der Waals surface area contributed by atoms with Gasteiger partial charge in [-0.1, -0.05) is 5.17 Å². The van der Waals surface area contributed by atoms with Crippen LogP contribution < -0.4 is 5.84 Å². The van der Waals surface area contributed by atoms with E-state index in [0.29, 0.717) is 5.17 Å². The Morgan fingerprint density at radius 1 is 1.46 bits per heavy atom. The molecule has 0 aliphatic heterocycles. The first-order chi connectivity index (χ1) is 6.11. The quantitative estimate of drug-likeness (QED) is 0.234. The van der Waals surface area contributed by atoms with Crippen LogP contribution in [0.15, 0.2) is 0 Å². The standard InChI is InChI=1S/C6H12N2O5/c1-2-8(7)13-6(11)5(10)12-4-3-9/h9H,2-4,7H2,1H3. The highest BCUT2D eigenvalue weighted by atomic mass is 16.7. The lowest BCUT2D eigenvalue weighted by Gasteiger charge is -2.11. The number of carbonyl (C=O) groups is 2. The van der Waals surface area contributed by atoms with Crippen molar-refractivity contribution >= 4 is 11.9 Å². The van der Waals surface area contributed by atoms with Crippen LogP contribution in [0.2, 0.25) is 0 Å². The molecule has 0 aromatic rings.